The van der Waals surface area contributed by atoms with E-state index in [2.05, 4.69) is 159 Å². The van der Waals surface area contributed by atoms with E-state index in [1.165, 1.54) is 74.7 Å². The standard InChI is InChI=1S/C47H34N2S/c1-2-29-28-41(32-12-4-3-5-13-32)48-47(49-45(29)35-24-19-30-11-6-7-14-34(30)27-35)33-22-20-31(21-23-33)36-25-26-40-38-16-9-8-15-37(38)39-17-10-18-42-43(39)44(40)46(36)50-42/h3-27,29,45H,2,28H2,1H3. The van der Waals surface area contributed by atoms with Crippen LogP contribution in [-0.2, 0) is 0 Å². The predicted molar refractivity (Wildman–Crippen MR) is 216 cm³/mol. The summed E-state index contributed by atoms with van der Waals surface area (Å²) in [5, 5.41) is 10.6. The average molecular weight is 659 g/mol. The number of nitrogens with zero attached hydrogens (tertiary/aromatic N) is 2. The Bertz CT molecular complexity index is 2770. The lowest BCUT2D eigenvalue weighted by Gasteiger charge is -2.23. The minimum absolute atomic E-state index is 0.0116. The molecule has 50 heavy (non-hydrogen) atoms. The van der Waals surface area contributed by atoms with Gasteiger partial charge in [-0.1, -0.05) is 153 Å². The van der Waals surface area contributed by atoms with E-state index in [0.717, 1.165) is 30.0 Å². The van der Waals surface area contributed by atoms with Gasteiger partial charge >= 0.3 is 0 Å². The van der Waals surface area contributed by atoms with Gasteiger partial charge in [0.1, 0.15) is 0 Å². The Morgan fingerprint density at radius 2 is 1.28 bits per heavy atom. The largest absolute Gasteiger partial charge is 0.258 e. The lowest BCUT2D eigenvalue weighted by molar-refractivity contribution is 0.437. The third-order valence-corrected chi connectivity index (χ3v) is 11.9. The molecule has 0 radical (unpaired) electrons. The summed E-state index contributed by atoms with van der Waals surface area (Å²) < 4.78 is 2.70. The molecule has 0 saturated heterocycles. The third kappa shape index (κ3) is 4.69. The van der Waals surface area contributed by atoms with E-state index < -0.39 is 0 Å². The molecule has 1 aliphatic rings. The minimum Gasteiger partial charge on any atom is -0.258 e. The molecule has 0 aliphatic carbocycles. The van der Waals surface area contributed by atoms with Crippen LogP contribution in [0.4, 0.5) is 0 Å². The molecule has 2 heterocycles. The van der Waals surface area contributed by atoms with Crippen LogP contribution in [0.2, 0.25) is 0 Å². The summed E-state index contributed by atoms with van der Waals surface area (Å²) in [6, 6.07) is 55.4. The van der Waals surface area contributed by atoms with Crippen LogP contribution < -0.4 is 0 Å². The molecule has 1 aliphatic heterocycles. The average Bonchev–Trinajstić information content (AvgIpc) is 3.47. The molecule has 238 valence electrons. The van der Waals surface area contributed by atoms with Gasteiger partial charge in [0.2, 0.25) is 0 Å². The van der Waals surface area contributed by atoms with E-state index >= 15 is 0 Å². The molecule has 10 rings (SSSR count). The van der Waals surface area contributed by atoms with Crippen molar-refractivity contribution in [3.8, 4) is 11.1 Å². The van der Waals surface area contributed by atoms with Gasteiger partial charge in [0.05, 0.1) is 11.8 Å². The summed E-state index contributed by atoms with van der Waals surface area (Å²) in [6.45, 7) is 2.29. The Labute approximate surface area is 295 Å². The molecule has 8 aromatic carbocycles. The molecule has 0 bridgehead atoms. The summed E-state index contributed by atoms with van der Waals surface area (Å²) in [4.78, 5) is 10.9. The summed E-state index contributed by atoms with van der Waals surface area (Å²) >= 11 is 1.91. The van der Waals surface area contributed by atoms with E-state index in [1.54, 1.807) is 0 Å². The molecule has 3 heteroatoms. The fraction of sp³-hybridized carbons (Fsp3) is 0.106. The van der Waals surface area contributed by atoms with Gasteiger partial charge in [0, 0.05) is 25.7 Å². The monoisotopic (exact) mass is 658 g/mol. The van der Waals surface area contributed by atoms with Gasteiger partial charge in [-0.25, -0.2) is 4.99 Å². The van der Waals surface area contributed by atoms with Crippen molar-refractivity contribution in [3.63, 3.8) is 0 Å². The lowest BCUT2D eigenvalue weighted by Crippen LogP contribution is -2.14. The zero-order valence-electron chi connectivity index (χ0n) is 27.8. The van der Waals surface area contributed by atoms with Crippen LogP contribution in [-0.4, -0.2) is 11.5 Å². The lowest BCUT2D eigenvalue weighted by atomic mass is 9.85. The van der Waals surface area contributed by atoms with Crippen LogP contribution in [0, 0.1) is 5.92 Å². The Kier molecular flexibility index (Phi) is 6.89. The van der Waals surface area contributed by atoms with Crippen molar-refractivity contribution in [2.45, 2.75) is 25.8 Å². The molecule has 1 aromatic heterocycles. The fourth-order valence-electron chi connectivity index (χ4n) is 8.21. The van der Waals surface area contributed by atoms with Gasteiger partial charge in [0.15, 0.2) is 5.84 Å². The molecule has 0 saturated carbocycles. The molecule has 0 spiro atoms. The second kappa shape index (κ2) is 11.8. The normalized spacial score (nSPS) is 16.7. The summed E-state index contributed by atoms with van der Waals surface area (Å²) in [6.07, 6.45) is 1.90. The molecular formula is C47H34N2S. The molecule has 0 N–H and O–H groups in total. The molecule has 0 fully saturated rings. The number of hydrogen-bond acceptors (Lipinski definition) is 3. The third-order valence-electron chi connectivity index (χ3n) is 10.8. The van der Waals surface area contributed by atoms with Crippen LogP contribution in [0.25, 0.3) is 63.6 Å². The Morgan fingerprint density at radius 3 is 2.08 bits per heavy atom. The van der Waals surface area contributed by atoms with Crippen LogP contribution in [0.1, 0.15) is 42.5 Å². The zero-order chi connectivity index (χ0) is 33.2. The molecule has 2 unspecified atom stereocenters. The first kappa shape index (κ1) is 29.3. The second-order valence-electron chi connectivity index (χ2n) is 13.6. The van der Waals surface area contributed by atoms with Gasteiger partial charge in [0.25, 0.3) is 0 Å². The number of rotatable bonds is 5. The summed E-state index contributed by atoms with van der Waals surface area (Å²) in [5.41, 5.74) is 7.07. The van der Waals surface area contributed by atoms with Gasteiger partial charge in [-0.05, 0) is 79.0 Å². The highest BCUT2D eigenvalue weighted by atomic mass is 32.1. The number of benzene rings is 8. The number of aliphatic imine (C=N–C) groups is 2. The molecule has 9 aromatic rings. The van der Waals surface area contributed by atoms with Crippen molar-refractivity contribution in [1.82, 2.24) is 0 Å². The second-order valence-corrected chi connectivity index (χ2v) is 14.6. The molecular weight excluding hydrogens is 625 g/mol. The minimum atomic E-state index is 0.0116. The van der Waals surface area contributed by atoms with E-state index in [-0.39, 0.29) is 6.04 Å². The first-order valence-corrected chi connectivity index (χ1v) is 18.4. The first-order valence-electron chi connectivity index (χ1n) is 17.6. The molecule has 2 nitrogen and oxygen atoms in total. The van der Waals surface area contributed by atoms with Gasteiger partial charge in [-0.3, -0.25) is 4.99 Å². The maximum atomic E-state index is 5.51. The smallest absolute Gasteiger partial charge is 0.155 e. The van der Waals surface area contributed by atoms with E-state index in [0.29, 0.717) is 5.92 Å². The quantitative estimate of drug-likeness (QED) is 0.164. The number of amidine groups is 1. The van der Waals surface area contributed by atoms with E-state index in [1.807, 2.05) is 11.3 Å². The van der Waals surface area contributed by atoms with Crippen molar-refractivity contribution in [1.29, 1.82) is 0 Å². The van der Waals surface area contributed by atoms with Crippen LogP contribution in [0.15, 0.2) is 162 Å². The zero-order valence-corrected chi connectivity index (χ0v) is 28.6. The Morgan fingerprint density at radius 1 is 0.580 bits per heavy atom. The highest BCUT2D eigenvalue weighted by molar-refractivity contribution is 7.26. The number of thiophene rings is 1. The predicted octanol–water partition coefficient (Wildman–Crippen LogP) is 13.0. The van der Waals surface area contributed by atoms with Crippen molar-refractivity contribution in [2.75, 3.05) is 0 Å². The van der Waals surface area contributed by atoms with Crippen molar-refractivity contribution >= 4 is 75.4 Å². The van der Waals surface area contributed by atoms with Gasteiger partial charge < -0.3 is 0 Å². The van der Waals surface area contributed by atoms with Crippen LogP contribution >= 0.6 is 11.3 Å². The highest BCUT2D eigenvalue weighted by Gasteiger charge is 2.28. The van der Waals surface area contributed by atoms with Crippen LogP contribution in [0.3, 0.4) is 0 Å². The van der Waals surface area contributed by atoms with Crippen molar-refractivity contribution < 1.29 is 0 Å². The topological polar surface area (TPSA) is 24.7 Å². The Hall–Kier alpha value is -5.64. The van der Waals surface area contributed by atoms with Gasteiger partial charge in [-0.2, -0.15) is 0 Å². The number of hydrogen-bond donors (Lipinski definition) is 0. The van der Waals surface area contributed by atoms with Gasteiger partial charge in [-0.15, -0.1) is 11.3 Å². The Balaban J connectivity index is 1.11. The van der Waals surface area contributed by atoms with Crippen LogP contribution in [0.5, 0.6) is 0 Å². The van der Waals surface area contributed by atoms with E-state index in [4.69, 9.17) is 9.98 Å². The first-order chi connectivity index (χ1) is 24.7. The number of fused-ring (bicyclic) bond motifs is 4. The highest BCUT2D eigenvalue weighted by Crippen LogP contribution is 2.48. The maximum absolute atomic E-state index is 5.51. The maximum Gasteiger partial charge on any atom is 0.155 e. The van der Waals surface area contributed by atoms with Crippen molar-refractivity contribution in [3.05, 3.63) is 168 Å². The molecule has 0 amide bonds. The van der Waals surface area contributed by atoms with Crippen molar-refractivity contribution in [2.24, 2.45) is 15.9 Å². The summed E-state index contributed by atoms with van der Waals surface area (Å²) in [7, 11) is 0. The fourth-order valence-corrected chi connectivity index (χ4v) is 9.50. The SMILES string of the molecule is CCC1CC(c2ccccc2)=NC(c2ccc(-c3ccc4c5ccccc5c5cccc6sc3c4c65)cc2)=NC1c1ccc2ccccc2c1. The van der Waals surface area contributed by atoms with E-state index in [9.17, 15) is 0 Å². The summed E-state index contributed by atoms with van der Waals surface area (Å²) in [5.74, 6) is 1.14. The molecule has 2 atom stereocenters.